The van der Waals surface area contributed by atoms with Crippen molar-refractivity contribution in [2.45, 2.75) is 0 Å². The van der Waals surface area contributed by atoms with Crippen molar-refractivity contribution >= 4 is 68.9 Å². The molecule has 30 heavy (non-hydrogen) atoms. The third kappa shape index (κ3) is 3.51. The number of nitrogens with zero attached hydrogens (tertiary/aromatic N) is 5. The van der Waals surface area contributed by atoms with Crippen molar-refractivity contribution in [3.63, 3.8) is 0 Å². The number of anilines is 3. The van der Waals surface area contributed by atoms with Crippen LogP contribution in [0, 0.1) is 0 Å². The first kappa shape index (κ1) is 18.3. The van der Waals surface area contributed by atoms with E-state index in [0.29, 0.717) is 27.4 Å². The Bertz CT molecular complexity index is 1390. The van der Waals surface area contributed by atoms with E-state index in [4.69, 9.17) is 27.8 Å². The average Bonchev–Trinajstić information content (AvgIpc) is 3.37. The summed E-state index contributed by atoms with van der Waals surface area (Å²) in [6, 6.07) is 13.1. The lowest BCUT2D eigenvalue weighted by molar-refractivity contribution is 0.314. The Hall–Kier alpha value is -3.69. The number of halogens is 2. The molecule has 148 valence electrons. The van der Waals surface area contributed by atoms with E-state index >= 15 is 0 Å². The zero-order chi connectivity index (χ0) is 20.5. The molecule has 0 radical (unpaired) electrons. The maximum absolute atomic E-state index is 6.10. The van der Waals surface area contributed by atoms with Crippen molar-refractivity contribution in [1.82, 2.24) is 25.3 Å². The van der Waals surface area contributed by atoms with Crippen LogP contribution in [0.25, 0.3) is 22.2 Å². The van der Waals surface area contributed by atoms with E-state index in [2.05, 4.69) is 41.1 Å². The number of hydrogen-bond acceptors (Lipinski definition) is 8. The second-order valence-electron chi connectivity index (χ2n) is 6.25. The minimum Gasteiger partial charge on any atom is -0.361 e. The number of H-pyrrole nitrogens is 1. The van der Waals surface area contributed by atoms with Gasteiger partial charge in [-0.3, -0.25) is 5.43 Å². The van der Waals surface area contributed by atoms with Gasteiger partial charge in [0, 0.05) is 28.4 Å². The van der Waals surface area contributed by atoms with Crippen molar-refractivity contribution < 1.29 is 4.63 Å². The van der Waals surface area contributed by atoms with Crippen molar-refractivity contribution in [3.8, 4) is 0 Å². The number of hydrazone groups is 1. The molecule has 9 nitrogen and oxygen atoms in total. The first-order chi connectivity index (χ1) is 14.7. The lowest BCUT2D eigenvalue weighted by atomic mass is 10.2. The van der Waals surface area contributed by atoms with Gasteiger partial charge in [-0.1, -0.05) is 41.4 Å². The predicted molar refractivity (Wildman–Crippen MR) is 117 cm³/mol. The second-order valence-corrected chi connectivity index (χ2v) is 7.06. The summed E-state index contributed by atoms with van der Waals surface area (Å²) in [5.74, 6) is 0.702. The topological polar surface area (TPSA) is 117 Å². The molecule has 0 aliphatic carbocycles. The molecule has 5 rings (SSSR count). The Labute approximate surface area is 179 Å². The molecule has 0 unspecified atom stereocenters. The molecule has 2 aromatic carbocycles. The minimum absolute atomic E-state index is 0.250. The van der Waals surface area contributed by atoms with Gasteiger partial charge in [-0.25, -0.2) is 9.61 Å². The van der Waals surface area contributed by atoms with Crippen LogP contribution in [-0.4, -0.2) is 31.5 Å². The highest BCUT2D eigenvalue weighted by atomic mass is 35.5. The normalized spacial score (nSPS) is 11.5. The number of nitrogens with one attached hydrogen (secondary N) is 3. The van der Waals surface area contributed by atoms with Gasteiger partial charge in [0.05, 0.1) is 16.3 Å². The van der Waals surface area contributed by atoms with Crippen molar-refractivity contribution in [1.29, 1.82) is 0 Å². The van der Waals surface area contributed by atoms with Crippen molar-refractivity contribution in [2.24, 2.45) is 5.10 Å². The summed E-state index contributed by atoms with van der Waals surface area (Å²) in [6.45, 7) is 0. The molecule has 0 saturated carbocycles. The Morgan fingerprint density at radius 1 is 0.967 bits per heavy atom. The largest absolute Gasteiger partial charge is 0.361 e. The molecule has 0 bridgehead atoms. The van der Waals surface area contributed by atoms with Crippen LogP contribution < -0.4 is 10.7 Å². The number of aromatic amines is 1. The van der Waals surface area contributed by atoms with E-state index in [0.717, 1.165) is 16.5 Å². The summed E-state index contributed by atoms with van der Waals surface area (Å²) in [6.07, 6.45) is 3.57. The summed E-state index contributed by atoms with van der Waals surface area (Å²) < 4.78 is 4.71. The highest BCUT2D eigenvalue weighted by Crippen LogP contribution is 2.29. The smallest absolute Gasteiger partial charge is 0.245 e. The molecule has 3 aromatic heterocycles. The van der Waals surface area contributed by atoms with E-state index in [1.54, 1.807) is 24.4 Å². The molecule has 0 saturated heterocycles. The summed E-state index contributed by atoms with van der Waals surface area (Å²) in [5.41, 5.74) is 6.01. The zero-order valence-corrected chi connectivity index (χ0v) is 16.6. The van der Waals surface area contributed by atoms with E-state index in [-0.39, 0.29) is 11.3 Å². The van der Waals surface area contributed by atoms with Gasteiger partial charge in [0.25, 0.3) is 0 Å². The van der Waals surface area contributed by atoms with Crippen LogP contribution in [0.2, 0.25) is 10.0 Å². The van der Waals surface area contributed by atoms with E-state index in [9.17, 15) is 0 Å². The van der Waals surface area contributed by atoms with Gasteiger partial charge in [0.2, 0.25) is 11.3 Å². The lowest BCUT2D eigenvalue weighted by Crippen LogP contribution is -2.03. The first-order valence-electron chi connectivity index (χ1n) is 8.75. The fraction of sp³-hybridized carbons (Fsp3) is 0. The predicted octanol–water partition coefficient (Wildman–Crippen LogP) is 4.99. The summed E-state index contributed by atoms with van der Waals surface area (Å²) >= 11 is 12.1. The van der Waals surface area contributed by atoms with Crippen LogP contribution in [0.5, 0.6) is 0 Å². The SMILES string of the molecule is Clc1ccc(Nc2nc3nonc3nc2NN=Cc2c[nH]c3ccccc23)cc1Cl. The van der Waals surface area contributed by atoms with Gasteiger partial charge in [-0.05, 0) is 34.6 Å². The average molecular weight is 439 g/mol. The third-order valence-electron chi connectivity index (χ3n) is 4.29. The Morgan fingerprint density at radius 3 is 2.60 bits per heavy atom. The minimum atomic E-state index is 0.250. The quantitative estimate of drug-likeness (QED) is 0.261. The van der Waals surface area contributed by atoms with Crippen LogP contribution in [0.4, 0.5) is 17.3 Å². The first-order valence-corrected chi connectivity index (χ1v) is 9.50. The van der Waals surface area contributed by atoms with E-state index in [1.165, 1.54) is 0 Å². The van der Waals surface area contributed by atoms with Crippen LogP contribution in [0.15, 0.2) is 58.4 Å². The highest BCUT2D eigenvalue weighted by molar-refractivity contribution is 6.42. The van der Waals surface area contributed by atoms with Crippen LogP contribution in [0.3, 0.4) is 0 Å². The molecule has 0 aliphatic heterocycles. The fourth-order valence-corrected chi connectivity index (χ4v) is 3.18. The fourth-order valence-electron chi connectivity index (χ4n) is 2.88. The molecule has 0 atom stereocenters. The number of benzene rings is 2. The summed E-state index contributed by atoms with van der Waals surface area (Å²) in [7, 11) is 0. The lowest BCUT2D eigenvalue weighted by Gasteiger charge is -2.10. The van der Waals surface area contributed by atoms with Gasteiger partial charge >= 0.3 is 0 Å². The molecule has 3 N–H and O–H groups in total. The summed E-state index contributed by atoms with van der Waals surface area (Å²) in [4.78, 5) is 12.0. The second kappa shape index (κ2) is 7.62. The third-order valence-corrected chi connectivity index (χ3v) is 5.03. The highest BCUT2D eigenvalue weighted by Gasteiger charge is 2.13. The molecular formula is C19H12Cl2N8O. The van der Waals surface area contributed by atoms with Crippen LogP contribution in [-0.2, 0) is 0 Å². The van der Waals surface area contributed by atoms with Crippen LogP contribution in [0.1, 0.15) is 5.56 Å². The number of fused-ring (bicyclic) bond motifs is 2. The molecule has 0 amide bonds. The summed E-state index contributed by atoms with van der Waals surface area (Å²) in [5, 5.41) is 16.8. The molecule has 3 heterocycles. The monoisotopic (exact) mass is 438 g/mol. The van der Waals surface area contributed by atoms with Gasteiger partial charge in [-0.2, -0.15) is 10.1 Å². The number of para-hydroxylation sites is 1. The van der Waals surface area contributed by atoms with Crippen molar-refractivity contribution in [3.05, 3.63) is 64.3 Å². The number of aromatic nitrogens is 5. The Balaban J connectivity index is 1.46. The standard InChI is InChI=1S/C19H12Cl2N8O/c20-13-6-5-11(7-14(13)21)24-16-17(26-19-18(25-16)28-30-29-19)27-23-9-10-8-22-15-4-2-1-3-12(10)15/h1-9,22H,(H,24,25,28)(H,26,27,29). The van der Waals surface area contributed by atoms with Crippen molar-refractivity contribution in [2.75, 3.05) is 10.7 Å². The molecule has 0 fully saturated rings. The van der Waals surface area contributed by atoms with Gasteiger partial charge in [0.1, 0.15) is 0 Å². The zero-order valence-electron chi connectivity index (χ0n) is 15.1. The van der Waals surface area contributed by atoms with Gasteiger partial charge in [0.15, 0.2) is 11.6 Å². The molecule has 11 heteroatoms. The van der Waals surface area contributed by atoms with E-state index < -0.39 is 0 Å². The van der Waals surface area contributed by atoms with Gasteiger partial charge < -0.3 is 10.3 Å². The van der Waals surface area contributed by atoms with Crippen LogP contribution >= 0.6 is 23.2 Å². The maximum Gasteiger partial charge on any atom is 0.245 e. The number of rotatable bonds is 5. The Kier molecular flexibility index (Phi) is 4.66. The van der Waals surface area contributed by atoms with E-state index in [1.807, 2.05) is 30.5 Å². The van der Waals surface area contributed by atoms with Gasteiger partial charge in [-0.15, -0.1) is 0 Å². The molecular weight excluding hydrogens is 427 g/mol. The molecule has 0 spiro atoms. The molecule has 0 aliphatic rings. The number of hydrogen-bond donors (Lipinski definition) is 3. The Morgan fingerprint density at radius 2 is 1.77 bits per heavy atom. The molecule has 5 aromatic rings. The maximum atomic E-state index is 6.10.